The Bertz CT molecular complexity index is 1430. The van der Waals surface area contributed by atoms with Gasteiger partial charge in [0.15, 0.2) is 17.1 Å². The van der Waals surface area contributed by atoms with Crippen LogP contribution in [0.5, 0.6) is 5.75 Å². The second-order valence-corrected chi connectivity index (χ2v) is 8.38. The minimum absolute atomic E-state index is 0.876. The van der Waals surface area contributed by atoms with E-state index in [2.05, 4.69) is 106 Å². The number of fused-ring (bicyclic) bond motifs is 3. The van der Waals surface area contributed by atoms with E-state index in [1.165, 1.54) is 39.5 Å². The van der Waals surface area contributed by atoms with Gasteiger partial charge in [0, 0.05) is 5.56 Å². The Labute approximate surface area is 194 Å². The van der Waals surface area contributed by atoms with Crippen LogP contribution in [0.3, 0.4) is 0 Å². The summed E-state index contributed by atoms with van der Waals surface area (Å²) in [5.74, 6) is 2.14. The number of ether oxygens (including phenoxy) is 1. The predicted molar refractivity (Wildman–Crippen MR) is 132 cm³/mol. The van der Waals surface area contributed by atoms with Crippen LogP contribution in [0.1, 0.15) is 11.4 Å². The first-order valence-electron chi connectivity index (χ1n) is 11.4. The minimum Gasteiger partial charge on any atom is -0.492 e. The smallest absolute Gasteiger partial charge is 0.267 e. The third-order valence-corrected chi connectivity index (χ3v) is 6.51. The van der Waals surface area contributed by atoms with Crippen LogP contribution >= 0.6 is 0 Å². The number of nitrogens with zero attached hydrogens (tertiary/aromatic N) is 2. The van der Waals surface area contributed by atoms with Crippen LogP contribution in [0.2, 0.25) is 0 Å². The van der Waals surface area contributed by atoms with Crippen molar-refractivity contribution in [3.05, 3.63) is 121 Å². The molecule has 1 aromatic heterocycles. The standard InChI is InChI=1S/C30H25N2O/c1-33-29-14-8-7-13-27(29)31-21-28(32-26-12-6-5-11-24(26)19-20-30(31)32)25-17-15-23(16-18-25)22-9-3-2-4-10-22/h2-18,21H,19-20H2,1H3/q+1. The van der Waals surface area contributed by atoms with Crippen molar-refractivity contribution in [2.75, 3.05) is 7.11 Å². The van der Waals surface area contributed by atoms with Crippen molar-refractivity contribution in [2.45, 2.75) is 12.8 Å². The van der Waals surface area contributed by atoms with Crippen molar-refractivity contribution in [3.63, 3.8) is 0 Å². The predicted octanol–water partition coefficient (Wildman–Crippen LogP) is 6.20. The maximum absolute atomic E-state index is 5.71. The summed E-state index contributed by atoms with van der Waals surface area (Å²) in [5, 5.41) is 0. The molecule has 1 aliphatic heterocycles. The molecular formula is C30H25N2O+. The first-order chi connectivity index (χ1) is 16.3. The van der Waals surface area contributed by atoms with Gasteiger partial charge in [0.1, 0.15) is 11.9 Å². The topological polar surface area (TPSA) is 18.0 Å². The van der Waals surface area contributed by atoms with Gasteiger partial charge in [0.25, 0.3) is 5.82 Å². The Morgan fingerprint density at radius 1 is 0.667 bits per heavy atom. The Morgan fingerprint density at radius 3 is 2.15 bits per heavy atom. The third kappa shape index (κ3) is 3.33. The SMILES string of the molecule is COc1ccccc1-n1cc(-c2ccc(-c3ccccc3)cc2)[n+]2c1CCc1ccccc1-2. The fourth-order valence-electron chi connectivity index (χ4n) is 4.89. The average molecular weight is 430 g/mol. The molecule has 0 aliphatic carbocycles. The molecule has 6 rings (SSSR count). The highest BCUT2D eigenvalue weighted by Gasteiger charge is 2.32. The highest BCUT2D eigenvalue weighted by molar-refractivity contribution is 5.68. The lowest BCUT2D eigenvalue weighted by molar-refractivity contribution is -0.595. The molecule has 5 aromatic rings. The number of rotatable bonds is 4. The molecule has 3 heteroatoms. The number of hydrogen-bond donors (Lipinski definition) is 0. The molecule has 0 amide bonds. The van der Waals surface area contributed by atoms with E-state index < -0.39 is 0 Å². The van der Waals surface area contributed by atoms with E-state index in [-0.39, 0.29) is 0 Å². The molecular weight excluding hydrogens is 404 g/mol. The van der Waals surface area contributed by atoms with E-state index in [1.807, 2.05) is 12.1 Å². The molecule has 0 radical (unpaired) electrons. The molecule has 0 atom stereocenters. The Hall–Kier alpha value is -4.11. The summed E-state index contributed by atoms with van der Waals surface area (Å²) >= 11 is 0. The van der Waals surface area contributed by atoms with E-state index >= 15 is 0 Å². The summed E-state index contributed by atoms with van der Waals surface area (Å²) in [7, 11) is 1.74. The highest BCUT2D eigenvalue weighted by Crippen LogP contribution is 2.31. The van der Waals surface area contributed by atoms with Crippen LogP contribution in [0.25, 0.3) is 33.8 Å². The van der Waals surface area contributed by atoms with Crippen LogP contribution in [-0.2, 0) is 12.8 Å². The van der Waals surface area contributed by atoms with Crippen LogP contribution in [0.4, 0.5) is 0 Å². The number of imidazole rings is 1. The highest BCUT2D eigenvalue weighted by atomic mass is 16.5. The zero-order chi connectivity index (χ0) is 22.2. The number of aryl methyl sites for hydroxylation is 1. The molecule has 160 valence electrons. The number of benzene rings is 4. The quantitative estimate of drug-likeness (QED) is 0.311. The molecule has 33 heavy (non-hydrogen) atoms. The number of hydrogen-bond acceptors (Lipinski definition) is 1. The summed E-state index contributed by atoms with van der Waals surface area (Å²) in [5.41, 5.74) is 8.54. The average Bonchev–Trinajstić information content (AvgIpc) is 3.29. The first kappa shape index (κ1) is 19.6. The summed E-state index contributed by atoms with van der Waals surface area (Å²) in [6.45, 7) is 0. The fourth-order valence-corrected chi connectivity index (χ4v) is 4.89. The van der Waals surface area contributed by atoms with E-state index in [4.69, 9.17) is 4.74 Å². The number of aromatic nitrogens is 2. The van der Waals surface area contributed by atoms with Crippen LogP contribution in [0, 0.1) is 0 Å². The lowest BCUT2D eigenvalue weighted by atomic mass is 10.0. The van der Waals surface area contributed by atoms with Gasteiger partial charge < -0.3 is 4.74 Å². The van der Waals surface area contributed by atoms with E-state index in [1.54, 1.807) is 7.11 Å². The van der Waals surface area contributed by atoms with Crippen molar-refractivity contribution in [1.29, 1.82) is 0 Å². The van der Waals surface area contributed by atoms with Gasteiger partial charge in [0.05, 0.1) is 13.5 Å². The molecule has 0 N–H and O–H groups in total. The molecule has 0 bridgehead atoms. The summed E-state index contributed by atoms with van der Waals surface area (Å²) in [6, 6.07) is 36.4. The molecule has 4 aromatic carbocycles. The molecule has 0 spiro atoms. The molecule has 3 nitrogen and oxygen atoms in total. The van der Waals surface area contributed by atoms with E-state index in [0.717, 1.165) is 24.3 Å². The van der Waals surface area contributed by atoms with Crippen molar-refractivity contribution in [3.8, 4) is 39.5 Å². The van der Waals surface area contributed by atoms with Crippen molar-refractivity contribution < 1.29 is 9.30 Å². The third-order valence-electron chi connectivity index (χ3n) is 6.51. The number of para-hydroxylation sites is 3. The van der Waals surface area contributed by atoms with Gasteiger partial charge in [-0.25, -0.2) is 0 Å². The van der Waals surface area contributed by atoms with Crippen LogP contribution < -0.4 is 9.30 Å². The summed E-state index contributed by atoms with van der Waals surface area (Å²) in [6.07, 6.45) is 4.26. The van der Waals surface area contributed by atoms with Gasteiger partial charge in [0.2, 0.25) is 0 Å². The normalized spacial score (nSPS) is 12.2. The Morgan fingerprint density at radius 2 is 1.33 bits per heavy atom. The van der Waals surface area contributed by atoms with Gasteiger partial charge >= 0.3 is 0 Å². The first-order valence-corrected chi connectivity index (χ1v) is 11.4. The minimum atomic E-state index is 0.876. The van der Waals surface area contributed by atoms with Crippen LogP contribution in [0.15, 0.2) is 109 Å². The lowest BCUT2D eigenvalue weighted by Gasteiger charge is -2.16. The van der Waals surface area contributed by atoms with Crippen molar-refractivity contribution in [2.24, 2.45) is 0 Å². The molecule has 0 saturated carbocycles. The summed E-state index contributed by atoms with van der Waals surface area (Å²) in [4.78, 5) is 0. The van der Waals surface area contributed by atoms with Crippen molar-refractivity contribution >= 4 is 0 Å². The Balaban J connectivity index is 1.55. The van der Waals surface area contributed by atoms with Gasteiger partial charge in [-0.05, 0) is 53.4 Å². The molecule has 0 saturated heterocycles. The fraction of sp³-hybridized carbons (Fsp3) is 0.100. The monoisotopic (exact) mass is 429 g/mol. The van der Waals surface area contributed by atoms with Gasteiger partial charge in [-0.3, -0.25) is 0 Å². The molecule has 2 heterocycles. The lowest BCUT2D eigenvalue weighted by Crippen LogP contribution is -2.41. The van der Waals surface area contributed by atoms with Crippen LogP contribution in [-0.4, -0.2) is 11.7 Å². The van der Waals surface area contributed by atoms with Crippen molar-refractivity contribution in [1.82, 2.24) is 4.57 Å². The number of methoxy groups -OCH3 is 1. The second-order valence-electron chi connectivity index (χ2n) is 8.38. The molecule has 1 aliphatic rings. The summed E-state index contributed by atoms with van der Waals surface area (Å²) < 4.78 is 10.4. The zero-order valence-electron chi connectivity index (χ0n) is 18.6. The molecule has 0 unspecified atom stereocenters. The second kappa shape index (κ2) is 8.10. The van der Waals surface area contributed by atoms with Gasteiger partial charge in [-0.1, -0.05) is 72.8 Å². The van der Waals surface area contributed by atoms with Gasteiger partial charge in [-0.15, -0.1) is 0 Å². The van der Waals surface area contributed by atoms with Gasteiger partial charge in [-0.2, -0.15) is 9.13 Å². The largest absolute Gasteiger partial charge is 0.492 e. The van der Waals surface area contributed by atoms with E-state index in [9.17, 15) is 0 Å². The maximum Gasteiger partial charge on any atom is 0.267 e. The van der Waals surface area contributed by atoms with E-state index in [0.29, 0.717) is 0 Å². The Kier molecular flexibility index (Phi) is 4.80. The molecule has 0 fully saturated rings. The zero-order valence-corrected chi connectivity index (χ0v) is 18.6. The maximum atomic E-state index is 5.71.